The molecule has 0 aliphatic heterocycles. The largest absolute Gasteiger partial charge is 0.573 e. The highest BCUT2D eigenvalue weighted by atomic mass is 19.4. The summed E-state index contributed by atoms with van der Waals surface area (Å²) in [6.07, 6.45) is -9.70. The second-order valence-electron chi connectivity index (χ2n) is 3.92. The van der Waals surface area contributed by atoms with Gasteiger partial charge in [0.25, 0.3) is 12.1 Å². The van der Waals surface area contributed by atoms with Crippen molar-refractivity contribution in [3.8, 4) is 5.75 Å². The maximum absolute atomic E-state index is 12.8. The summed E-state index contributed by atoms with van der Waals surface area (Å²) in [5.41, 5.74) is -3.28. The lowest BCUT2D eigenvalue weighted by molar-refractivity contribution is -0.386. The van der Waals surface area contributed by atoms with E-state index >= 15 is 0 Å². The van der Waals surface area contributed by atoms with Gasteiger partial charge in [-0.25, -0.2) is 13.8 Å². The number of alkyl halides is 5. The van der Waals surface area contributed by atoms with Crippen LogP contribution in [0.4, 0.5) is 27.6 Å². The minimum Gasteiger partial charge on any atom is -0.466 e. The van der Waals surface area contributed by atoms with Gasteiger partial charge in [-0.05, 0) is 6.92 Å². The molecular weight excluding hydrogens is 335 g/mol. The molecular formula is C11H9F5N2O5. The number of hydrogen-bond donors (Lipinski definition) is 0. The first kappa shape index (κ1) is 18.5. The lowest BCUT2D eigenvalue weighted by atomic mass is 10.2. The molecule has 0 N–H and O–H groups in total. The van der Waals surface area contributed by atoms with E-state index < -0.39 is 52.9 Å². The highest BCUT2D eigenvalue weighted by Crippen LogP contribution is 2.35. The number of pyridine rings is 1. The number of esters is 1. The molecule has 0 spiro atoms. The number of aromatic nitrogens is 1. The number of nitrogens with zero attached hydrogens (tertiary/aromatic N) is 2. The third-order valence-electron chi connectivity index (χ3n) is 2.32. The van der Waals surface area contributed by atoms with Crippen molar-refractivity contribution in [1.29, 1.82) is 0 Å². The number of ether oxygens (including phenoxy) is 2. The topological polar surface area (TPSA) is 91.6 Å². The molecule has 1 rings (SSSR count). The Balaban J connectivity index is 3.38. The van der Waals surface area contributed by atoms with E-state index in [2.05, 4.69) is 14.5 Å². The fourth-order valence-corrected chi connectivity index (χ4v) is 1.54. The van der Waals surface area contributed by atoms with Crippen LogP contribution < -0.4 is 4.74 Å². The van der Waals surface area contributed by atoms with Crippen LogP contribution in [0.2, 0.25) is 0 Å². The van der Waals surface area contributed by atoms with Crippen molar-refractivity contribution in [2.24, 2.45) is 0 Å². The molecule has 1 heterocycles. The van der Waals surface area contributed by atoms with E-state index in [0.717, 1.165) is 0 Å². The molecule has 0 amide bonds. The molecule has 0 fully saturated rings. The van der Waals surface area contributed by atoms with E-state index in [1.165, 1.54) is 6.92 Å². The molecule has 0 atom stereocenters. The molecule has 12 heteroatoms. The molecule has 0 saturated carbocycles. The molecule has 0 radical (unpaired) electrons. The van der Waals surface area contributed by atoms with Crippen LogP contribution >= 0.6 is 0 Å². The monoisotopic (exact) mass is 344 g/mol. The Hall–Kier alpha value is -2.53. The second-order valence-corrected chi connectivity index (χ2v) is 3.92. The van der Waals surface area contributed by atoms with Gasteiger partial charge in [-0.1, -0.05) is 0 Å². The third kappa shape index (κ3) is 5.30. The van der Waals surface area contributed by atoms with Crippen molar-refractivity contribution in [2.45, 2.75) is 26.1 Å². The van der Waals surface area contributed by atoms with Crippen LogP contribution in [0.3, 0.4) is 0 Å². The fraction of sp³-hybridized carbons (Fsp3) is 0.455. The normalized spacial score (nSPS) is 11.4. The summed E-state index contributed by atoms with van der Waals surface area (Å²) >= 11 is 0. The van der Waals surface area contributed by atoms with Gasteiger partial charge >= 0.3 is 12.3 Å². The maximum Gasteiger partial charge on any atom is 0.573 e. The third-order valence-corrected chi connectivity index (χ3v) is 2.32. The van der Waals surface area contributed by atoms with E-state index in [1.807, 2.05) is 0 Å². The number of rotatable bonds is 6. The SMILES string of the molecule is CCOC(=O)Cc1nc(C(F)F)c(OC(F)(F)F)cc1[N+](=O)[O-]. The van der Waals surface area contributed by atoms with Crippen LogP contribution in [0.1, 0.15) is 24.7 Å². The molecule has 0 aromatic carbocycles. The number of carbonyl (C=O) groups is 1. The van der Waals surface area contributed by atoms with Crippen LogP contribution in [0.5, 0.6) is 5.75 Å². The highest BCUT2D eigenvalue weighted by Gasteiger charge is 2.36. The predicted octanol–water partition coefficient (Wildman–Crippen LogP) is 2.93. The van der Waals surface area contributed by atoms with Gasteiger partial charge in [0.1, 0.15) is 11.4 Å². The standard InChI is InChI=1S/C11H9F5N2O5/c1-2-22-8(19)3-5-6(18(20)21)4-7(23-11(14,15)16)9(17-5)10(12)13/h4,10H,2-3H2,1H3. The molecule has 0 saturated heterocycles. The minimum atomic E-state index is -5.35. The molecule has 0 unspecified atom stereocenters. The van der Waals surface area contributed by atoms with Crippen molar-refractivity contribution >= 4 is 11.7 Å². The zero-order valence-electron chi connectivity index (χ0n) is 11.4. The van der Waals surface area contributed by atoms with Gasteiger partial charge in [0.05, 0.1) is 24.0 Å². The Morgan fingerprint density at radius 2 is 2.04 bits per heavy atom. The summed E-state index contributed by atoms with van der Waals surface area (Å²) in [5, 5.41) is 10.8. The van der Waals surface area contributed by atoms with Crippen molar-refractivity contribution in [1.82, 2.24) is 4.98 Å². The summed E-state index contributed by atoms with van der Waals surface area (Å²) in [4.78, 5) is 24.1. The summed E-state index contributed by atoms with van der Waals surface area (Å²) in [5.74, 6) is -2.51. The minimum absolute atomic E-state index is 0.0798. The Bertz CT molecular complexity index is 605. The van der Waals surface area contributed by atoms with Gasteiger partial charge in [-0.15, -0.1) is 13.2 Å². The smallest absolute Gasteiger partial charge is 0.466 e. The average molecular weight is 344 g/mol. The summed E-state index contributed by atoms with van der Waals surface area (Å²) in [7, 11) is 0. The average Bonchev–Trinajstić information content (AvgIpc) is 2.37. The molecule has 23 heavy (non-hydrogen) atoms. The molecule has 128 valence electrons. The first-order valence-corrected chi connectivity index (χ1v) is 5.92. The Labute approximate surface area is 125 Å². The van der Waals surface area contributed by atoms with Crippen LogP contribution in [-0.2, 0) is 16.0 Å². The first-order chi connectivity index (χ1) is 10.5. The van der Waals surface area contributed by atoms with Crippen LogP contribution in [0.15, 0.2) is 6.07 Å². The number of nitro groups is 1. The molecule has 0 bridgehead atoms. The molecule has 0 aliphatic rings. The fourth-order valence-electron chi connectivity index (χ4n) is 1.54. The number of halogens is 5. The van der Waals surface area contributed by atoms with Gasteiger partial charge in [0.15, 0.2) is 5.75 Å². The molecule has 7 nitrogen and oxygen atoms in total. The molecule has 1 aromatic rings. The zero-order valence-corrected chi connectivity index (χ0v) is 11.4. The van der Waals surface area contributed by atoms with Gasteiger partial charge < -0.3 is 9.47 Å². The molecule has 1 aromatic heterocycles. The zero-order chi connectivity index (χ0) is 17.8. The summed E-state index contributed by atoms with van der Waals surface area (Å²) in [6.45, 7) is 1.36. The van der Waals surface area contributed by atoms with E-state index in [4.69, 9.17) is 0 Å². The number of carbonyl (C=O) groups excluding carboxylic acids is 1. The lowest BCUT2D eigenvalue weighted by Crippen LogP contribution is -2.20. The van der Waals surface area contributed by atoms with Crippen LogP contribution in [-0.4, -0.2) is 28.8 Å². The Morgan fingerprint density at radius 1 is 1.43 bits per heavy atom. The predicted molar refractivity (Wildman–Crippen MR) is 62.9 cm³/mol. The Kier molecular flexibility index (Phi) is 5.76. The van der Waals surface area contributed by atoms with Crippen molar-refractivity contribution in [3.05, 3.63) is 27.6 Å². The highest BCUT2D eigenvalue weighted by molar-refractivity contribution is 5.73. The van der Waals surface area contributed by atoms with E-state index in [1.54, 1.807) is 0 Å². The summed E-state index contributed by atoms with van der Waals surface area (Å²) in [6, 6.07) is 0.149. The van der Waals surface area contributed by atoms with Gasteiger partial charge in [-0.2, -0.15) is 0 Å². The quantitative estimate of drug-likeness (QED) is 0.341. The van der Waals surface area contributed by atoms with E-state index in [9.17, 15) is 36.9 Å². The summed E-state index contributed by atoms with van der Waals surface area (Å²) < 4.78 is 70.0. The Morgan fingerprint density at radius 3 is 2.48 bits per heavy atom. The van der Waals surface area contributed by atoms with E-state index in [-0.39, 0.29) is 12.7 Å². The maximum atomic E-state index is 12.8. The second kappa shape index (κ2) is 7.15. The lowest BCUT2D eigenvalue weighted by Gasteiger charge is -2.13. The first-order valence-electron chi connectivity index (χ1n) is 5.92. The van der Waals surface area contributed by atoms with Crippen molar-refractivity contribution < 1.29 is 41.1 Å². The van der Waals surface area contributed by atoms with Crippen molar-refractivity contribution in [2.75, 3.05) is 6.61 Å². The van der Waals surface area contributed by atoms with E-state index in [0.29, 0.717) is 0 Å². The van der Waals surface area contributed by atoms with Gasteiger partial charge in [-0.3, -0.25) is 14.9 Å². The van der Waals surface area contributed by atoms with Crippen LogP contribution in [0, 0.1) is 10.1 Å². The van der Waals surface area contributed by atoms with Crippen molar-refractivity contribution in [3.63, 3.8) is 0 Å². The molecule has 0 aliphatic carbocycles. The number of hydrogen-bond acceptors (Lipinski definition) is 6. The van der Waals surface area contributed by atoms with Gasteiger partial charge in [0, 0.05) is 0 Å². The van der Waals surface area contributed by atoms with Gasteiger partial charge in [0.2, 0.25) is 0 Å². The van der Waals surface area contributed by atoms with Crippen LogP contribution in [0.25, 0.3) is 0 Å².